The van der Waals surface area contributed by atoms with Crippen LogP contribution in [-0.4, -0.2) is 18.1 Å². The van der Waals surface area contributed by atoms with Gasteiger partial charge >= 0.3 is 5.97 Å². The summed E-state index contributed by atoms with van der Waals surface area (Å²) in [6.07, 6.45) is 0.0334. The maximum absolute atomic E-state index is 10.8. The van der Waals surface area contributed by atoms with E-state index in [0.29, 0.717) is 0 Å². The zero-order valence-corrected chi connectivity index (χ0v) is 9.97. The third-order valence-corrected chi connectivity index (χ3v) is 3.32. The van der Waals surface area contributed by atoms with Crippen LogP contribution >= 0.6 is 0 Å². The lowest BCUT2D eigenvalue weighted by atomic mass is 9.86. The van der Waals surface area contributed by atoms with Crippen LogP contribution in [0.4, 0.5) is 5.69 Å². The molecule has 0 saturated heterocycles. The Morgan fingerprint density at radius 2 is 2.24 bits per heavy atom. The molecule has 1 heterocycles. The third-order valence-electron chi connectivity index (χ3n) is 3.32. The van der Waals surface area contributed by atoms with Crippen molar-refractivity contribution >= 4 is 11.7 Å². The smallest absolute Gasteiger partial charge is 0.303 e. The second-order valence-corrected chi connectivity index (χ2v) is 4.56. The van der Waals surface area contributed by atoms with Gasteiger partial charge in [0.15, 0.2) is 0 Å². The molecule has 1 aromatic carbocycles. The lowest BCUT2D eigenvalue weighted by Crippen LogP contribution is -2.55. The number of para-hydroxylation sites is 1. The maximum Gasteiger partial charge on any atom is 0.303 e. The van der Waals surface area contributed by atoms with Crippen molar-refractivity contribution in [2.75, 3.05) is 12.1 Å². The SMILES string of the molecule is CC(CC(=O)O)[C@]1(N)NN(C)c2ccccc21. The minimum Gasteiger partial charge on any atom is -0.481 e. The van der Waals surface area contributed by atoms with Crippen molar-refractivity contribution in [1.29, 1.82) is 0 Å². The molecule has 1 unspecified atom stereocenters. The van der Waals surface area contributed by atoms with Gasteiger partial charge in [-0.2, -0.15) is 0 Å². The van der Waals surface area contributed by atoms with Crippen molar-refractivity contribution < 1.29 is 9.90 Å². The number of carboxylic acids is 1. The van der Waals surface area contributed by atoms with Crippen LogP contribution in [0.5, 0.6) is 0 Å². The fraction of sp³-hybridized carbons (Fsp3) is 0.417. The summed E-state index contributed by atoms with van der Waals surface area (Å²) in [5.41, 5.74) is 10.6. The van der Waals surface area contributed by atoms with Gasteiger partial charge in [0.25, 0.3) is 0 Å². The van der Waals surface area contributed by atoms with Crippen molar-refractivity contribution in [1.82, 2.24) is 5.43 Å². The molecule has 0 saturated carbocycles. The van der Waals surface area contributed by atoms with Crippen molar-refractivity contribution in [2.45, 2.75) is 19.0 Å². The topological polar surface area (TPSA) is 78.6 Å². The summed E-state index contributed by atoms with van der Waals surface area (Å²) >= 11 is 0. The zero-order chi connectivity index (χ0) is 12.6. The summed E-state index contributed by atoms with van der Waals surface area (Å²) in [5.74, 6) is -1.04. The van der Waals surface area contributed by atoms with E-state index in [1.165, 1.54) is 0 Å². The Bertz CT molecular complexity index is 449. The number of fused-ring (bicyclic) bond motifs is 1. The Hall–Kier alpha value is -1.59. The number of nitrogens with zero attached hydrogens (tertiary/aromatic N) is 1. The molecule has 4 N–H and O–H groups in total. The number of benzene rings is 1. The van der Waals surface area contributed by atoms with Gasteiger partial charge < -0.3 is 15.8 Å². The first kappa shape index (κ1) is 11.9. The molecule has 17 heavy (non-hydrogen) atoms. The summed E-state index contributed by atoms with van der Waals surface area (Å²) in [4.78, 5) is 10.8. The molecule has 2 atom stereocenters. The predicted molar refractivity (Wildman–Crippen MR) is 65.3 cm³/mol. The van der Waals surface area contributed by atoms with E-state index in [4.69, 9.17) is 10.8 Å². The lowest BCUT2D eigenvalue weighted by Gasteiger charge is -2.32. The van der Waals surface area contributed by atoms with Crippen molar-refractivity contribution in [3.63, 3.8) is 0 Å². The molecular weight excluding hydrogens is 218 g/mol. The summed E-state index contributed by atoms with van der Waals surface area (Å²) < 4.78 is 0. The first-order valence-corrected chi connectivity index (χ1v) is 5.57. The quantitative estimate of drug-likeness (QED) is 0.724. The number of nitrogens with one attached hydrogen (secondary N) is 1. The lowest BCUT2D eigenvalue weighted by molar-refractivity contribution is -0.138. The van der Waals surface area contributed by atoms with Crippen LogP contribution in [0.25, 0.3) is 0 Å². The highest BCUT2D eigenvalue weighted by Gasteiger charge is 2.42. The summed E-state index contributed by atoms with van der Waals surface area (Å²) in [5, 5.41) is 10.7. The maximum atomic E-state index is 10.8. The van der Waals surface area contributed by atoms with Gasteiger partial charge in [-0.25, -0.2) is 5.43 Å². The highest BCUT2D eigenvalue weighted by molar-refractivity contribution is 5.68. The summed E-state index contributed by atoms with van der Waals surface area (Å²) in [6.45, 7) is 1.84. The highest BCUT2D eigenvalue weighted by atomic mass is 16.4. The minimum atomic E-state index is -0.837. The van der Waals surface area contributed by atoms with Gasteiger partial charge in [-0.1, -0.05) is 25.1 Å². The molecule has 2 rings (SSSR count). The molecule has 5 heteroatoms. The van der Waals surface area contributed by atoms with Crippen LogP contribution < -0.4 is 16.2 Å². The molecule has 5 nitrogen and oxygen atoms in total. The van der Waals surface area contributed by atoms with E-state index < -0.39 is 11.6 Å². The average molecular weight is 235 g/mol. The summed E-state index contributed by atoms with van der Waals surface area (Å²) in [6, 6.07) is 7.74. The van der Waals surface area contributed by atoms with Crippen molar-refractivity contribution in [3.05, 3.63) is 29.8 Å². The average Bonchev–Trinajstić information content (AvgIpc) is 2.53. The Morgan fingerprint density at radius 1 is 1.59 bits per heavy atom. The molecule has 0 bridgehead atoms. The van der Waals surface area contributed by atoms with Gasteiger partial charge in [0, 0.05) is 18.5 Å². The minimum absolute atomic E-state index is 0.0334. The first-order chi connectivity index (χ1) is 7.95. The highest BCUT2D eigenvalue weighted by Crippen LogP contribution is 2.38. The Labute approximate surface area is 100 Å². The second kappa shape index (κ2) is 4.01. The van der Waals surface area contributed by atoms with Gasteiger partial charge in [-0.15, -0.1) is 0 Å². The molecule has 0 aromatic heterocycles. The van der Waals surface area contributed by atoms with E-state index in [2.05, 4.69) is 5.43 Å². The number of nitrogens with two attached hydrogens (primary N) is 1. The van der Waals surface area contributed by atoms with Crippen LogP contribution in [0.3, 0.4) is 0 Å². The number of aliphatic carboxylic acids is 1. The molecule has 0 fully saturated rings. The van der Waals surface area contributed by atoms with E-state index >= 15 is 0 Å². The van der Waals surface area contributed by atoms with Gasteiger partial charge in [-0.3, -0.25) is 4.79 Å². The van der Waals surface area contributed by atoms with Gasteiger partial charge in [0.2, 0.25) is 0 Å². The predicted octanol–water partition coefficient (Wildman–Crippen LogP) is 0.863. The number of hydrogen-bond donors (Lipinski definition) is 3. The van der Waals surface area contributed by atoms with E-state index in [1.807, 2.05) is 43.2 Å². The molecule has 1 aromatic rings. The molecule has 0 aliphatic carbocycles. The van der Waals surface area contributed by atoms with Crippen LogP contribution in [0.1, 0.15) is 18.9 Å². The number of carboxylic acid groups (broad SMARTS) is 1. The second-order valence-electron chi connectivity index (χ2n) is 4.56. The molecule has 1 aliphatic rings. The number of hydrazine groups is 1. The van der Waals surface area contributed by atoms with Crippen molar-refractivity contribution in [3.8, 4) is 0 Å². The largest absolute Gasteiger partial charge is 0.481 e. The normalized spacial score (nSPS) is 24.5. The van der Waals surface area contributed by atoms with Crippen LogP contribution in [-0.2, 0) is 10.5 Å². The van der Waals surface area contributed by atoms with Crippen LogP contribution in [0.15, 0.2) is 24.3 Å². The zero-order valence-electron chi connectivity index (χ0n) is 9.97. The number of rotatable bonds is 3. The van der Waals surface area contributed by atoms with E-state index in [0.717, 1.165) is 11.3 Å². The van der Waals surface area contributed by atoms with E-state index in [9.17, 15) is 4.79 Å². The van der Waals surface area contributed by atoms with Gasteiger partial charge in [0.1, 0.15) is 5.66 Å². The fourth-order valence-electron chi connectivity index (χ4n) is 2.31. The van der Waals surface area contributed by atoms with E-state index in [1.54, 1.807) is 0 Å². The number of anilines is 1. The number of hydrogen-bond acceptors (Lipinski definition) is 4. The van der Waals surface area contributed by atoms with E-state index in [-0.39, 0.29) is 12.3 Å². The molecule has 92 valence electrons. The summed E-state index contributed by atoms with van der Waals surface area (Å²) in [7, 11) is 1.88. The molecule has 0 radical (unpaired) electrons. The monoisotopic (exact) mass is 235 g/mol. The van der Waals surface area contributed by atoms with Gasteiger partial charge in [0.05, 0.1) is 12.1 Å². The van der Waals surface area contributed by atoms with Crippen molar-refractivity contribution in [2.24, 2.45) is 11.7 Å². The molecular formula is C12H17N3O2. The van der Waals surface area contributed by atoms with Crippen LogP contribution in [0, 0.1) is 5.92 Å². The van der Waals surface area contributed by atoms with Gasteiger partial charge in [-0.05, 0) is 6.07 Å². The molecule has 0 spiro atoms. The molecule has 1 aliphatic heterocycles. The Kier molecular flexibility index (Phi) is 2.81. The first-order valence-electron chi connectivity index (χ1n) is 5.57. The number of carbonyl (C=O) groups is 1. The molecule has 0 amide bonds. The third kappa shape index (κ3) is 1.87. The van der Waals surface area contributed by atoms with Crippen LogP contribution in [0.2, 0.25) is 0 Å². The Balaban J connectivity index is 2.37. The fourth-order valence-corrected chi connectivity index (χ4v) is 2.31. The Morgan fingerprint density at radius 3 is 2.88 bits per heavy atom. The standard InChI is InChI=1S/C12H17N3O2/c1-8(7-11(16)17)12(13)9-5-3-4-6-10(9)15(2)14-12/h3-6,8,14H,7,13H2,1-2H3,(H,16,17)/t8?,12-/m0/s1.